The van der Waals surface area contributed by atoms with Crippen LogP contribution in [0.3, 0.4) is 0 Å². The van der Waals surface area contributed by atoms with Crippen molar-refractivity contribution in [3.8, 4) is 5.75 Å². The van der Waals surface area contributed by atoms with Gasteiger partial charge in [0, 0.05) is 49.8 Å². The van der Waals surface area contributed by atoms with E-state index in [2.05, 4.69) is 53.6 Å². The molecule has 5 nitrogen and oxygen atoms in total. The number of hydrogen-bond acceptors (Lipinski definition) is 3. The number of carbonyl (C=O) groups excluding carboxylic acids is 1. The molecule has 0 atom stereocenters. The molecule has 0 saturated carbocycles. The second-order valence-corrected chi connectivity index (χ2v) is 7.71. The van der Waals surface area contributed by atoms with Gasteiger partial charge in [0.1, 0.15) is 11.4 Å². The van der Waals surface area contributed by atoms with Gasteiger partial charge >= 0.3 is 0 Å². The molecule has 1 saturated heterocycles. The van der Waals surface area contributed by atoms with Crippen molar-refractivity contribution in [2.24, 2.45) is 7.05 Å². The van der Waals surface area contributed by atoms with Crippen LogP contribution in [0.25, 0.3) is 10.9 Å². The van der Waals surface area contributed by atoms with Crippen LogP contribution >= 0.6 is 0 Å². The third-order valence-electron chi connectivity index (χ3n) is 6.13. The molecule has 1 aliphatic heterocycles. The zero-order valence-electron chi connectivity index (χ0n) is 17.7. The van der Waals surface area contributed by atoms with Gasteiger partial charge in [0.2, 0.25) is 0 Å². The minimum absolute atomic E-state index is 0.133. The van der Waals surface area contributed by atoms with E-state index in [0.29, 0.717) is 0 Å². The first-order valence-corrected chi connectivity index (χ1v) is 10.3. The highest BCUT2D eigenvalue weighted by Gasteiger charge is 2.26. The van der Waals surface area contributed by atoms with Crippen LogP contribution in [0.15, 0.2) is 42.5 Å². The van der Waals surface area contributed by atoms with Crippen molar-refractivity contribution in [2.75, 3.05) is 38.2 Å². The number of piperazine rings is 1. The minimum atomic E-state index is 0.133. The molecule has 152 valence electrons. The molecule has 0 unspecified atom stereocenters. The van der Waals surface area contributed by atoms with E-state index in [-0.39, 0.29) is 5.91 Å². The van der Waals surface area contributed by atoms with Crippen LogP contribution in [0.1, 0.15) is 28.5 Å². The molecule has 0 N–H and O–H groups in total. The van der Waals surface area contributed by atoms with Gasteiger partial charge in [0.05, 0.1) is 7.11 Å². The molecular formula is C24H29N3O2. The summed E-state index contributed by atoms with van der Waals surface area (Å²) in [6, 6.07) is 14.6. The summed E-state index contributed by atoms with van der Waals surface area (Å²) < 4.78 is 7.30. The first-order chi connectivity index (χ1) is 14.0. The Kier molecular flexibility index (Phi) is 5.22. The van der Waals surface area contributed by atoms with Crippen LogP contribution in [0, 0.1) is 6.92 Å². The summed E-state index contributed by atoms with van der Waals surface area (Å²) in [6.07, 6.45) is 1.00. The molecule has 5 heteroatoms. The van der Waals surface area contributed by atoms with Gasteiger partial charge in [-0.1, -0.05) is 13.0 Å². The van der Waals surface area contributed by atoms with Gasteiger partial charge in [-0.2, -0.15) is 0 Å². The predicted molar refractivity (Wildman–Crippen MR) is 118 cm³/mol. The minimum Gasteiger partial charge on any atom is -0.497 e. The molecule has 1 amide bonds. The Labute approximate surface area is 172 Å². The molecule has 1 aliphatic rings. The molecule has 0 bridgehead atoms. The van der Waals surface area contributed by atoms with E-state index in [1.54, 1.807) is 7.11 Å². The van der Waals surface area contributed by atoms with E-state index in [9.17, 15) is 4.79 Å². The molecule has 3 aromatic rings. The zero-order chi connectivity index (χ0) is 20.5. The topological polar surface area (TPSA) is 37.7 Å². The van der Waals surface area contributed by atoms with Gasteiger partial charge < -0.3 is 19.1 Å². The number of fused-ring (bicyclic) bond motifs is 1. The fourth-order valence-electron chi connectivity index (χ4n) is 4.31. The predicted octanol–water partition coefficient (Wildman–Crippen LogP) is 4.02. The van der Waals surface area contributed by atoms with Crippen LogP contribution in [0.4, 0.5) is 5.69 Å². The maximum atomic E-state index is 13.4. The Bertz CT molecular complexity index is 1030. The smallest absolute Gasteiger partial charge is 0.270 e. The number of methoxy groups -OCH3 is 1. The van der Waals surface area contributed by atoms with E-state index in [1.807, 2.05) is 24.1 Å². The van der Waals surface area contributed by atoms with E-state index in [1.165, 1.54) is 16.6 Å². The van der Waals surface area contributed by atoms with Crippen molar-refractivity contribution in [1.29, 1.82) is 0 Å². The van der Waals surface area contributed by atoms with E-state index in [0.717, 1.165) is 55.1 Å². The average molecular weight is 392 g/mol. The lowest BCUT2D eigenvalue weighted by Gasteiger charge is -2.36. The van der Waals surface area contributed by atoms with Gasteiger partial charge in [-0.15, -0.1) is 0 Å². The first kappa shape index (κ1) is 19.4. The Balaban J connectivity index is 1.52. The summed E-state index contributed by atoms with van der Waals surface area (Å²) in [4.78, 5) is 17.7. The summed E-state index contributed by atoms with van der Waals surface area (Å²) in [6.45, 7) is 7.36. The number of anilines is 1. The summed E-state index contributed by atoms with van der Waals surface area (Å²) in [5, 5.41) is 1.19. The number of amides is 1. The van der Waals surface area contributed by atoms with Crippen molar-refractivity contribution in [3.05, 3.63) is 59.3 Å². The number of ether oxygens (including phenoxy) is 1. The lowest BCUT2D eigenvalue weighted by molar-refractivity contribution is 0.0737. The fraction of sp³-hybridized carbons (Fsp3) is 0.375. The standard InChI is InChI=1S/C24H29N3O2/c1-5-18-6-11-22-21(16-18)17(2)23(25(22)3)24(28)27-14-12-26(13-15-27)19-7-9-20(29-4)10-8-19/h6-11,16H,5,12-15H2,1-4H3. The van der Waals surface area contributed by atoms with Crippen molar-refractivity contribution >= 4 is 22.5 Å². The summed E-state index contributed by atoms with van der Waals surface area (Å²) in [7, 11) is 3.68. The fourth-order valence-corrected chi connectivity index (χ4v) is 4.31. The summed E-state index contributed by atoms with van der Waals surface area (Å²) in [5.74, 6) is 0.994. The van der Waals surface area contributed by atoms with Crippen LogP contribution < -0.4 is 9.64 Å². The van der Waals surface area contributed by atoms with Crippen LogP contribution in [-0.4, -0.2) is 48.7 Å². The molecule has 29 heavy (non-hydrogen) atoms. The molecule has 4 rings (SSSR count). The Morgan fingerprint density at radius 2 is 1.72 bits per heavy atom. The zero-order valence-corrected chi connectivity index (χ0v) is 17.7. The number of aromatic nitrogens is 1. The Hall–Kier alpha value is -2.95. The second kappa shape index (κ2) is 7.82. The van der Waals surface area contributed by atoms with E-state index in [4.69, 9.17) is 4.74 Å². The van der Waals surface area contributed by atoms with Crippen LogP contribution in [0.2, 0.25) is 0 Å². The number of benzene rings is 2. The molecule has 2 heterocycles. The third-order valence-corrected chi connectivity index (χ3v) is 6.13. The van der Waals surface area contributed by atoms with Gasteiger partial charge in [-0.05, 0) is 60.9 Å². The van der Waals surface area contributed by atoms with Crippen LogP contribution in [-0.2, 0) is 13.5 Å². The third kappa shape index (κ3) is 3.46. The molecule has 1 fully saturated rings. The van der Waals surface area contributed by atoms with Crippen molar-refractivity contribution in [1.82, 2.24) is 9.47 Å². The van der Waals surface area contributed by atoms with E-state index < -0.39 is 0 Å². The first-order valence-electron chi connectivity index (χ1n) is 10.3. The largest absolute Gasteiger partial charge is 0.497 e. The monoisotopic (exact) mass is 391 g/mol. The number of rotatable bonds is 4. The molecule has 0 spiro atoms. The lowest BCUT2D eigenvalue weighted by Crippen LogP contribution is -2.49. The SMILES string of the molecule is CCc1ccc2c(c1)c(C)c(C(=O)N1CCN(c3ccc(OC)cc3)CC1)n2C. The molecule has 2 aromatic carbocycles. The molecule has 0 aliphatic carbocycles. The summed E-state index contributed by atoms with van der Waals surface area (Å²) in [5.41, 5.74) is 5.50. The van der Waals surface area contributed by atoms with Gasteiger partial charge in [-0.25, -0.2) is 0 Å². The van der Waals surface area contributed by atoms with Gasteiger partial charge in [-0.3, -0.25) is 4.79 Å². The van der Waals surface area contributed by atoms with E-state index >= 15 is 0 Å². The lowest BCUT2D eigenvalue weighted by atomic mass is 10.1. The van der Waals surface area contributed by atoms with Crippen molar-refractivity contribution in [3.63, 3.8) is 0 Å². The normalized spacial score (nSPS) is 14.5. The Morgan fingerprint density at radius 3 is 2.34 bits per heavy atom. The van der Waals surface area contributed by atoms with Gasteiger partial charge in [0.25, 0.3) is 5.91 Å². The van der Waals surface area contributed by atoms with Crippen molar-refractivity contribution < 1.29 is 9.53 Å². The number of carbonyl (C=O) groups is 1. The Morgan fingerprint density at radius 1 is 1.03 bits per heavy atom. The van der Waals surface area contributed by atoms with Crippen LogP contribution in [0.5, 0.6) is 5.75 Å². The van der Waals surface area contributed by atoms with Gasteiger partial charge in [0.15, 0.2) is 0 Å². The highest BCUT2D eigenvalue weighted by molar-refractivity contribution is 6.01. The maximum absolute atomic E-state index is 13.4. The molecule has 1 aromatic heterocycles. The second-order valence-electron chi connectivity index (χ2n) is 7.71. The highest BCUT2D eigenvalue weighted by Crippen LogP contribution is 2.28. The average Bonchev–Trinajstić information content (AvgIpc) is 3.03. The molecule has 0 radical (unpaired) electrons. The highest BCUT2D eigenvalue weighted by atomic mass is 16.5. The number of aryl methyl sites for hydroxylation is 3. The maximum Gasteiger partial charge on any atom is 0.270 e. The number of nitrogens with zero attached hydrogens (tertiary/aromatic N) is 3. The quantitative estimate of drug-likeness (QED) is 0.674. The number of hydrogen-bond donors (Lipinski definition) is 0. The summed E-state index contributed by atoms with van der Waals surface area (Å²) >= 11 is 0. The molecular weight excluding hydrogens is 362 g/mol. The van der Waals surface area contributed by atoms with Crippen molar-refractivity contribution in [2.45, 2.75) is 20.3 Å².